The summed E-state index contributed by atoms with van der Waals surface area (Å²) in [4.78, 5) is 4.66. The molecule has 3 nitrogen and oxygen atoms in total. The lowest BCUT2D eigenvalue weighted by Gasteiger charge is -2.17. The molecule has 0 saturated heterocycles. The quantitative estimate of drug-likeness (QED) is 0.566. The highest BCUT2D eigenvalue weighted by Crippen LogP contribution is 2.20. The van der Waals surface area contributed by atoms with E-state index in [9.17, 15) is 0 Å². The monoisotopic (exact) mass is 311 g/mol. The minimum absolute atomic E-state index is 0.486. The van der Waals surface area contributed by atoms with E-state index in [2.05, 4.69) is 42.5 Å². The SMILES string of the molecule is CCCCCCC(C)Nc1ccc(Nc2ccccc2)nc1C. The minimum atomic E-state index is 0.486. The Kier molecular flexibility index (Phi) is 6.92. The lowest BCUT2D eigenvalue weighted by molar-refractivity contribution is 0.593. The molecular formula is C20H29N3. The Bertz CT molecular complexity index is 581. The molecule has 0 saturated carbocycles. The van der Waals surface area contributed by atoms with Gasteiger partial charge >= 0.3 is 0 Å². The summed E-state index contributed by atoms with van der Waals surface area (Å²) in [5.74, 6) is 0.884. The van der Waals surface area contributed by atoms with Gasteiger partial charge in [0.25, 0.3) is 0 Å². The molecule has 1 aromatic heterocycles. The van der Waals surface area contributed by atoms with E-state index in [0.717, 1.165) is 22.9 Å². The smallest absolute Gasteiger partial charge is 0.130 e. The third kappa shape index (κ3) is 5.93. The van der Waals surface area contributed by atoms with E-state index >= 15 is 0 Å². The molecule has 1 unspecified atom stereocenters. The zero-order valence-electron chi connectivity index (χ0n) is 14.6. The standard InChI is InChI=1S/C20H29N3/c1-4-5-6-8-11-16(2)21-19-14-15-20(22-17(19)3)23-18-12-9-7-10-13-18/h7,9-10,12-16,21H,4-6,8,11H2,1-3H3,(H,22,23). The van der Waals surface area contributed by atoms with Gasteiger partial charge in [0, 0.05) is 11.7 Å². The van der Waals surface area contributed by atoms with E-state index in [1.165, 1.54) is 32.1 Å². The van der Waals surface area contributed by atoms with Crippen molar-refractivity contribution in [2.45, 2.75) is 58.9 Å². The van der Waals surface area contributed by atoms with Crippen molar-refractivity contribution in [2.24, 2.45) is 0 Å². The van der Waals surface area contributed by atoms with Crippen molar-refractivity contribution in [3.8, 4) is 0 Å². The Hall–Kier alpha value is -2.03. The Labute approximate surface area is 140 Å². The van der Waals surface area contributed by atoms with Crippen LogP contribution in [0.25, 0.3) is 0 Å². The van der Waals surface area contributed by atoms with E-state index < -0.39 is 0 Å². The molecule has 2 rings (SSSR count). The van der Waals surface area contributed by atoms with Crippen LogP contribution in [-0.4, -0.2) is 11.0 Å². The summed E-state index contributed by atoms with van der Waals surface area (Å²) < 4.78 is 0. The van der Waals surface area contributed by atoms with Gasteiger partial charge < -0.3 is 10.6 Å². The van der Waals surface area contributed by atoms with E-state index in [1.54, 1.807) is 0 Å². The van der Waals surface area contributed by atoms with Gasteiger partial charge in [0.05, 0.1) is 11.4 Å². The van der Waals surface area contributed by atoms with E-state index in [-0.39, 0.29) is 0 Å². The molecule has 1 aromatic carbocycles. The second-order valence-electron chi connectivity index (χ2n) is 6.22. The number of pyridine rings is 1. The molecule has 2 N–H and O–H groups in total. The van der Waals surface area contributed by atoms with Crippen molar-refractivity contribution >= 4 is 17.2 Å². The minimum Gasteiger partial charge on any atom is -0.381 e. The summed E-state index contributed by atoms with van der Waals surface area (Å²) >= 11 is 0. The molecule has 23 heavy (non-hydrogen) atoms. The summed E-state index contributed by atoms with van der Waals surface area (Å²) in [6, 6.07) is 14.8. The summed E-state index contributed by atoms with van der Waals surface area (Å²) in [5, 5.41) is 6.92. The van der Waals surface area contributed by atoms with Gasteiger partial charge in [-0.1, -0.05) is 50.8 Å². The molecule has 2 aromatic rings. The molecule has 0 aliphatic carbocycles. The van der Waals surface area contributed by atoms with Crippen molar-refractivity contribution in [3.63, 3.8) is 0 Å². The summed E-state index contributed by atoms with van der Waals surface area (Å²) in [5.41, 5.74) is 3.22. The van der Waals surface area contributed by atoms with Crippen molar-refractivity contribution in [1.82, 2.24) is 4.98 Å². The Balaban J connectivity index is 1.89. The second-order valence-corrected chi connectivity index (χ2v) is 6.22. The highest BCUT2D eigenvalue weighted by atomic mass is 15.0. The van der Waals surface area contributed by atoms with Crippen molar-refractivity contribution < 1.29 is 0 Å². The molecule has 1 atom stereocenters. The number of rotatable bonds is 9. The topological polar surface area (TPSA) is 37.0 Å². The second kappa shape index (κ2) is 9.19. The molecule has 0 spiro atoms. The maximum Gasteiger partial charge on any atom is 0.130 e. The van der Waals surface area contributed by atoms with Gasteiger partial charge in [-0.05, 0) is 44.5 Å². The lowest BCUT2D eigenvalue weighted by Crippen LogP contribution is -2.16. The van der Waals surface area contributed by atoms with Crippen molar-refractivity contribution in [3.05, 3.63) is 48.2 Å². The number of unbranched alkanes of at least 4 members (excludes halogenated alkanes) is 3. The fraction of sp³-hybridized carbons (Fsp3) is 0.450. The molecule has 124 valence electrons. The molecule has 0 aliphatic heterocycles. The van der Waals surface area contributed by atoms with Gasteiger partial charge in [-0.2, -0.15) is 0 Å². The lowest BCUT2D eigenvalue weighted by atomic mass is 10.1. The molecule has 1 heterocycles. The Morgan fingerprint density at radius 2 is 1.78 bits per heavy atom. The van der Waals surface area contributed by atoms with Crippen LogP contribution in [0.4, 0.5) is 17.2 Å². The molecule has 0 bridgehead atoms. The van der Waals surface area contributed by atoms with Crippen LogP contribution in [0.3, 0.4) is 0 Å². The van der Waals surface area contributed by atoms with Crippen LogP contribution in [0.15, 0.2) is 42.5 Å². The summed E-state index contributed by atoms with van der Waals surface area (Å²) in [6.07, 6.45) is 6.47. The van der Waals surface area contributed by atoms with Crippen LogP contribution in [0, 0.1) is 6.92 Å². The van der Waals surface area contributed by atoms with Crippen LogP contribution in [0.5, 0.6) is 0 Å². The fourth-order valence-corrected chi connectivity index (χ4v) is 2.67. The van der Waals surface area contributed by atoms with Gasteiger partial charge in [-0.15, -0.1) is 0 Å². The van der Waals surface area contributed by atoms with Gasteiger partial charge in [0.15, 0.2) is 0 Å². The molecular weight excluding hydrogens is 282 g/mol. The largest absolute Gasteiger partial charge is 0.381 e. The number of anilines is 3. The number of aryl methyl sites for hydroxylation is 1. The van der Waals surface area contributed by atoms with Crippen LogP contribution in [0.2, 0.25) is 0 Å². The molecule has 3 heteroatoms. The van der Waals surface area contributed by atoms with E-state index in [0.29, 0.717) is 6.04 Å². The fourth-order valence-electron chi connectivity index (χ4n) is 2.67. The molecule has 0 fully saturated rings. The van der Waals surface area contributed by atoms with Crippen molar-refractivity contribution in [2.75, 3.05) is 10.6 Å². The maximum absolute atomic E-state index is 4.66. The number of nitrogens with one attached hydrogen (secondary N) is 2. The molecule has 0 amide bonds. The third-order valence-electron chi connectivity index (χ3n) is 4.02. The average Bonchev–Trinajstić information content (AvgIpc) is 2.55. The molecule has 0 aliphatic rings. The number of hydrogen-bond acceptors (Lipinski definition) is 3. The van der Waals surface area contributed by atoms with E-state index in [4.69, 9.17) is 0 Å². The maximum atomic E-state index is 4.66. The zero-order chi connectivity index (χ0) is 16.5. The number of aromatic nitrogens is 1. The highest BCUT2D eigenvalue weighted by molar-refractivity contribution is 5.59. The first kappa shape index (κ1) is 17.3. The van der Waals surface area contributed by atoms with Crippen LogP contribution in [-0.2, 0) is 0 Å². The van der Waals surface area contributed by atoms with Crippen LogP contribution in [0.1, 0.15) is 51.6 Å². The van der Waals surface area contributed by atoms with Crippen LogP contribution >= 0.6 is 0 Å². The highest BCUT2D eigenvalue weighted by Gasteiger charge is 2.06. The number of para-hydroxylation sites is 1. The van der Waals surface area contributed by atoms with Gasteiger partial charge in [0.2, 0.25) is 0 Å². The van der Waals surface area contributed by atoms with E-state index in [1.807, 2.05) is 36.4 Å². The first-order chi connectivity index (χ1) is 11.2. The van der Waals surface area contributed by atoms with Gasteiger partial charge in [-0.25, -0.2) is 4.98 Å². The van der Waals surface area contributed by atoms with Gasteiger partial charge in [0.1, 0.15) is 5.82 Å². The van der Waals surface area contributed by atoms with Crippen LogP contribution < -0.4 is 10.6 Å². The zero-order valence-corrected chi connectivity index (χ0v) is 14.6. The third-order valence-corrected chi connectivity index (χ3v) is 4.02. The first-order valence-electron chi connectivity index (χ1n) is 8.75. The predicted molar refractivity (Wildman–Crippen MR) is 101 cm³/mol. The normalized spacial score (nSPS) is 12.0. The first-order valence-corrected chi connectivity index (χ1v) is 8.75. The summed E-state index contributed by atoms with van der Waals surface area (Å²) in [7, 11) is 0. The van der Waals surface area contributed by atoms with Gasteiger partial charge in [-0.3, -0.25) is 0 Å². The Morgan fingerprint density at radius 1 is 1.00 bits per heavy atom. The number of nitrogens with zero attached hydrogens (tertiary/aromatic N) is 1. The van der Waals surface area contributed by atoms with Crippen molar-refractivity contribution in [1.29, 1.82) is 0 Å². The number of benzene rings is 1. The average molecular weight is 311 g/mol. The predicted octanol–water partition coefficient (Wildman–Crippen LogP) is 5.90. The number of hydrogen-bond donors (Lipinski definition) is 2. The molecule has 0 radical (unpaired) electrons. The Morgan fingerprint density at radius 3 is 2.48 bits per heavy atom. The summed E-state index contributed by atoms with van der Waals surface area (Å²) in [6.45, 7) is 6.56.